The molecule has 220 valence electrons. The summed E-state index contributed by atoms with van der Waals surface area (Å²) in [6, 6.07) is 14.9. The van der Waals surface area contributed by atoms with Gasteiger partial charge in [-0.1, -0.05) is 6.07 Å². The Hall–Kier alpha value is -4.61. The van der Waals surface area contributed by atoms with Gasteiger partial charge in [-0.25, -0.2) is 14.2 Å². The van der Waals surface area contributed by atoms with Gasteiger partial charge in [0.1, 0.15) is 5.82 Å². The molecule has 2 aliphatic heterocycles. The molecular weight excluding hydrogens is 556 g/mol. The van der Waals surface area contributed by atoms with Gasteiger partial charge in [-0.15, -0.1) is 0 Å². The Morgan fingerprint density at radius 2 is 1.57 bits per heavy atom. The highest BCUT2D eigenvalue weighted by Crippen LogP contribution is 2.42. The lowest BCUT2D eigenvalue weighted by Gasteiger charge is -2.45. The van der Waals surface area contributed by atoms with E-state index in [0.717, 1.165) is 17.8 Å². The van der Waals surface area contributed by atoms with Gasteiger partial charge in [-0.05, 0) is 60.7 Å². The number of hydrogen-bond donors (Lipinski definition) is 0. The number of carbonyl (C=O) groups is 2. The summed E-state index contributed by atoms with van der Waals surface area (Å²) in [5, 5.41) is 0. The maximum Gasteiger partial charge on any atom is 0.416 e. The van der Waals surface area contributed by atoms with Crippen molar-refractivity contribution < 1.29 is 36.6 Å². The molecule has 1 saturated heterocycles. The van der Waals surface area contributed by atoms with Gasteiger partial charge in [-0.2, -0.15) is 13.2 Å². The van der Waals surface area contributed by atoms with Crippen LogP contribution in [0, 0.1) is 5.82 Å². The molecule has 0 aliphatic carbocycles. The van der Waals surface area contributed by atoms with Crippen LogP contribution in [0.15, 0.2) is 71.7 Å². The largest absolute Gasteiger partial charge is 0.469 e. The molecule has 1 fully saturated rings. The molecule has 0 spiro atoms. The quantitative estimate of drug-likeness (QED) is 0.287. The predicted octanol–water partition coefficient (Wildman–Crippen LogP) is 5.57. The zero-order valence-corrected chi connectivity index (χ0v) is 22.9. The number of anilines is 2. The highest BCUT2D eigenvalue weighted by molar-refractivity contribution is 6.02. The fourth-order valence-corrected chi connectivity index (χ4v) is 5.22. The number of aliphatic imine (C=N–C) groups is 1. The molecule has 0 bridgehead atoms. The van der Waals surface area contributed by atoms with Crippen molar-refractivity contribution in [3.8, 4) is 0 Å². The van der Waals surface area contributed by atoms with E-state index in [2.05, 4.69) is 4.90 Å². The number of rotatable bonds is 5. The lowest BCUT2D eigenvalue weighted by molar-refractivity contribution is -0.141. The molecule has 0 aromatic heterocycles. The summed E-state index contributed by atoms with van der Waals surface area (Å²) in [5.41, 5.74) is 1.31. The zero-order valence-electron chi connectivity index (χ0n) is 22.9. The Balaban J connectivity index is 1.59. The topological polar surface area (TPSA) is 74.7 Å². The highest BCUT2D eigenvalue weighted by atomic mass is 19.4. The average Bonchev–Trinajstić information content (AvgIpc) is 3.00. The standard InChI is InChI=1S/C30H28F4N4O4/c1-41-27(39)18-26-24-16-19(28(40)42-2)6-11-25(24)35-29(38(26)23-5-3-4-20(17-23)30(32,33)34)37-14-12-36(13-15-37)22-9-7-21(31)8-10-22/h3-11,16-17,26H,12-15,18H2,1-2H3. The van der Waals surface area contributed by atoms with Crippen LogP contribution in [-0.4, -0.2) is 63.2 Å². The van der Waals surface area contributed by atoms with Gasteiger partial charge in [0.15, 0.2) is 0 Å². The molecule has 0 radical (unpaired) electrons. The van der Waals surface area contributed by atoms with E-state index in [4.69, 9.17) is 14.5 Å². The molecule has 0 N–H and O–H groups in total. The monoisotopic (exact) mass is 584 g/mol. The number of methoxy groups -OCH3 is 2. The minimum atomic E-state index is -4.60. The van der Waals surface area contributed by atoms with E-state index in [1.165, 1.54) is 38.5 Å². The molecular formula is C30H28F4N4O4. The normalized spacial score (nSPS) is 17.0. The second kappa shape index (κ2) is 11.7. The Morgan fingerprint density at radius 1 is 0.881 bits per heavy atom. The lowest BCUT2D eigenvalue weighted by atomic mass is 9.95. The molecule has 0 saturated carbocycles. The van der Waals surface area contributed by atoms with E-state index >= 15 is 0 Å². The van der Waals surface area contributed by atoms with Crippen molar-refractivity contribution >= 4 is 35.0 Å². The van der Waals surface area contributed by atoms with E-state index < -0.39 is 29.7 Å². The number of carbonyl (C=O) groups excluding carboxylic acids is 2. The predicted molar refractivity (Wildman–Crippen MR) is 148 cm³/mol. The molecule has 1 unspecified atom stereocenters. The van der Waals surface area contributed by atoms with E-state index in [9.17, 15) is 27.2 Å². The minimum absolute atomic E-state index is 0.174. The van der Waals surface area contributed by atoms with Gasteiger partial charge in [0.05, 0.1) is 43.5 Å². The number of nitrogens with zero attached hydrogens (tertiary/aromatic N) is 4. The first-order valence-electron chi connectivity index (χ1n) is 13.2. The Bertz CT molecular complexity index is 1500. The molecule has 0 amide bonds. The van der Waals surface area contributed by atoms with Crippen LogP contribution < -0.4 is 9.80 Å². The number of esters is 2. The van der Waals surface area contributed by atoms with Crippen LogP contribution in [0.25, 0.3) is 0 Å². The second-order valence-corrected chi connectivity index (χ2v) is 9.84. The fraction of sp³-hybridized carbons (Fsp3) is 0.300. The van der Waals surface area contributed by atoms with Gasteiger partial charge in [0.25, 0.3) is 0 Å². The van der Waals surface area contributed by atoms with Crippen molar-refractivity contribution in [3.63, 3.8) is 0 Å². The Morgan fingerprint density at radius 3 is 2.21 bits per heavy atom. The molecule has 42 heavy (non-hydrogen) atoms. The molecule has 12 heteroatoms. The van der Waals surface area contributed by atoms with Crippen LogP contribution in [0.4, 0.5) is 34.6 Å². The molecule has 1 atom stereocenters. The number of hydrogen-bond acceptors (Lipinski definition) is 8. The van der Waals surface area contributed by atoms with Crippen molar-refractivity contribution in [3.05, 3.63) is 89.2 Å². The summed E-state index contributed by atoms with van der Waals surface area (Å²) in [6.45, 7) is 1.98. The van der Waals surface area contributed by atoms with E-state index in [0.29, 0.717) is 43.4 Å². The SMILES string of the molecule is COC(=O)CC1c2cc(C(=O)OC)ccc2N=C(N2CCN(c3ccc(F)cc3)CC2)N1c1cccc(C(F)(F)F)c1. The number of ether oxygens (including phenoxy) is 2. The summed E-state index contributed by atoms with van der Waals surface area (Å²) < 4.78 is 64.6. The number of piperazine rings is 1. The summed E-state index contributed by atoms with van der Waals surface area (Å²) in [7, 11) is 2.47. The summed E-state index contributed by atoms with van der Waals surface area (Å²) in [5.74, 6) is -1.17. The lowest BCUT2D eigenvalue weighted by Crippen LogP contribution is -2.55. The maximum absolute atomic E-state index is 13.8. The third-order valence-corrected chi connectivity index (χ3v) is 7.35. The van der Waals surface area contributed by atoms with Crippen molar-refractivity contribution in [1.82, 2.24) is 4.90 Å². The number of benzene rings is 3. The van der Waals surface area contributed by atoms with E-state index in [-0.39, 0.29) is 23.5 Å². The van der Waals surface area contributed by atoms with E-state index in [1.807, 2.05) is 4.90 Å². The third kappa shape index (κ3) is 5.88. The van der Waals surface area contributed by atoms with Crippen molar-refractivity contribution in [2.75, 3.05) is 50.2 Å². The van der Waals surface area contributed by atoms with E-state index in [1.54, 1.807) is 35.2 Å². The summed E-state index contributed by atoms with van der Waals surface area (Å²) in [6.07, 6.45) is -4.82. The van der Waals surface area contributed by atoms with Gasteiger partial charge >= 0.3 is 18.1 Å². The molecule has 2 aliphatic rings. The summed E-state index contributed by atoms with van der Waals surface area (Å²) in [4.78, 5) is 35.5. The first kappa shape index (κ1) is 28.9. The minimum Gasteiger partial charge on any atom is -0.469 e. The van der Waals surface area contributed by atoms with Crippen LogP contribution in [0.1, 0.15) is 33.9 Å². The molecule has 8 nitrogen and oxygen atoms in total. The van der Waals surface area contributed by atoms with Crippen LogP contribution in [-0.2, 0) is 20.4 Å². The van der Waals surface area contributed by atoms with Crippen LogP contribution in [0.5, 0.6) is 0 Å². The molecule has 5 rings (SSSR count). The van der Waals surface area contributed by atoms with Crippen molar-refractivity contribution in [2.45, 2.75) is 18.6 Å². The molecule has 3 aromatic rings. The molecule has 3 aromatic carbocycles. The maximum atomic E-state index is 13.8. The third-order valence-electron chi connectivity index (χ3n) is 7.35. The van der Waals surface area contributed by atoms with Crippen molar-refractivity contribution in [1.29, 1.82) is 0 Å². The second-order valence-electron chi connectivity index (χ2n) is 9.84. The number of halogens is 4. The number of alkyl halides is 3. The van der Waals surface area contributed by atoms with Gasteiger partial charge in [0.2, 0.25) is 5.96 Å². The van der Waals surface area contributed by atoms with Crippen LogP contribution in [0.3, 0.4) is 0 Å². The van der Waals surface area contributed by atoms with Gasteiger partial charge in [0, 0.05) is 43.1 Å². The first-order chi connectivity index (χ1) is 20.1. The van der Waals surface area contributed by atoms with Crippen LogP contribution in [0.2, 0.25) is 0 Å². The summed E-state index contributed by atoms with van der Waals surface area (Å²) >= 11 is 0. The first-order valence-corrected chi connectivity index (χ1v) is 13.2. The molecule has 2 heterocycles. The van der Waals surface area contributed by atoms with Crippen LogP contribution >= 0.6 is 0 Å². The average molecular weight is 585 g/mol. The number of guanidine groups is 1. The Kier molecular flexibility index (Phi) is 8.06. The van der Waals surface area contributed by atoms with Gasteiger partial charge < -0.3 is 24.2 Å². The highest BCUT2D eigenvalue weighted by Gasteiger charge is 2.38. The van der Waals surface area contributed by atoms with Gasteiger partial charge in [-0.3, -0.25) is 4.79 Å². The van der Waals surface area contributed by atoms with Crippen molar-refractivity contribution in [2.24, 2.45) is 4.99 Å². The number of fused-ring (bicyclic) bond motifs is 1. The smallest absolute Gasteiger partial charge is 0.416 e. The fourth-order valence-electron chi connectivity index (χ4n) is 5.22. The zero-order chi connectivity index (χ0) is 30.0. The Labute approximate surface area is 239 Å².